The lowest BCUT2D eigenvalue weighted by Gasteiger charge is -2.32. The fraction of sp³-hybridized carbons (Fsp3) is 1.00. The number of aliphatic hydroxyl groups is 1. The third-order valence-electron chi connectivity index (χ3n) is 2.44. The predicted octanol–water partition coefficient (Wildman–Crippen LogP) is 0.614. The van der Waals surface area contributed by atoms with Gasteiger partial charge in [-0.2, -0.15) is 0 Å². The van der Waals surface area contributed by atoms with Crippen LogP contribution in [0.4, 0.5) is 0 Å². The van der Waals surface area contributed by atoms with Gasteiger partial charge in [-0.25, -0.2) is 0 Å². The minimum absolute atomic E-state index is 0.352. The Bertz CT molecular complexity index is 91.3. The van der Waals surface area contributed by atoms with Gasteiger partial charge in [0.1, 0.15) is 0 Å². The molecule has 0 aliphatic carbocycles. The topological polar surface area (TPSA) is 32.3 Å². The van der Waals surface area contributed by atoms with Gasteiger partial charge in [0, 0.05) is 6.61 Å². The van der Waals surface area contributed by atoms with Crippen molar-refractivity contribution in [2.24, 2.45) is 11.8 Å². The number of hydrogen-bond acceptors (Lipinski definition) is 2. The monoisotopic (exact) mass is 143 g/mol. The van der Waals surface area contributed by atoms with E-state index in [1.807, 2.05) is 0 Å². The van der Waals surface area contributed by atoms with Crippen LogP contribution in [0.3, 0.4) is 0 Å². The highest BCUT2D eigenvalue weighted by molar-refractivity contribution is 4.78. The molecule has 0 aromatic heterocycles. The summed E-state index contributed by atoms with van der Waals surface area (Å²) < 4.78 is 0. The van der Waals surface area contributed by atoms with E-state index in [1.54, 1.807) is 0 Å². The minimum atomic E-state index is 0.352. The smallest absolute Gasteiger partial charge is 0.0431 e. The highest BCUT2D eigenvalue weighted by atomic mass is 16.2. The van der Waals surface area contributed by atoms with Crippen LogP contribution in [0.15, 0.2) is 0 Å². The lowest BCUT2D eigenvalue weighted by molar-refractivity contribution is 0.212. The molecule has 1 saturated heterocycles. The Morgan fingerprint density at radius 2 is 2.30 bits per heavy atom. The van der Waals surface area contributed by atoms with Crippen molar-refractivity contribution in [3.05, 3.63) is 0 Å². The molecule has 2 nitrogen and oxygen atoms in total. The van der Waals surface area contributed by atoms with Crippen LogP contribution < -0.4 is 5.32 Å². The van der Waals surface area contributed by atoms with Crippen LogP contribution >= 0.6 is 0 Å². The second-order valence-corrected chi connectivity index (χ2v) is 3.26. The highest BCUT2D eigenvalue weighted by Crippen LogP contribution is 2.19. The normalized spacial score (nSPS) is 22.2. The molecule has 0 saturated carbocycles. The van der Waals surface area contributed by atoms with Crippen LogP contribution in [0.5, 0.6) is 0 Å². The molecule has 0 spiro atoms. The maximum atomic E-state index is 8.57. The number of hydrogen-bond donors (Lipinski definition) is 2. The van der Waals surface area contributed by atoms with Crippen LogP contribution in [0.1, 0.15) is 19.8 Å². The van der Waals surface area contributed by atoms with Gasteiger partial charge in [-0.3, -0.25) is 0 Å². The molecular formula is C8H17NO. The van der Waals surface area contributed by atoms with Gasteiger partial charge in [0.15, 0.2) is 0 Å². The molecule has 1 fully saturated rings. The number of aliphatic hydroxyl groups excluding tert-OH is 1. The zero-order valence-corrected chi connectivity index (χ0v) is 6.64. The van der Waals surface area contributed by atoms with Gasteiger partial charge in [-0.15, -0.1) is 0 Å². The molecule has 1 aliphatic rings. The number of rotatable bonds is 4. The van der Waals surface area contributed by atoms with Crippen molar-refractivity contribution >= 4 is 0 Å². The van der Waals surface area contributed by atoms with Crippen molar-refractivity contribution in [2.45, 2.75) is 19.8 Å². The molecule has 1 rings (SSSR count). The molecule has 1 aliphatic heterocycles. The van der Waals surface area contributed by atoms with Crippen molar-refractivity contribution in [3.8, 4) is 0 Å². The molecule has 1 heterocycles. The summed E-state index contributed by atoms with van der Waals surface area (Å²) in [5.41, 5.74) is 0. The van der Waals surface area contributed by atoms with E-state index in [0.29, 0.717) is 6.61 Å². The molecule has 0 radical (unpaired) electrons. The summed E-state index contributed by atoms with van der Waals surface area (Å²) in [6.07, 6.45) is 2.15. The first-order valence-corrected chi connectivity index (χ1v) is 4.16. The van der Waals surface area contributed by atoms with Crippen molar-refractivity contribution in [1.29, 1.82) is 0 Å². The highest BCUT2D eigenvalue weighted by Gasteiger charge is 2.22. The maximum Gasteiger partial charge on any atom is 0.0431 e. The van der Waals surface area contributed by atoms with Gasteiger partial charge in [0.25, 0.3) is 0 Å². The van der Waals surface area contributed by atoms with Crippen LogP contribution in [0.25, 0.3) is 0 Å². The van der Waals surface area contributed by atoms with Crippen molar-refractivity contribution in [1.82, 2.24) is 5.32 Å². The zero-order valence-electron chi connectivity index (χ0n) is 6.64. The van der Waals surface area contributed by atoms with Gasteiger partial charge in [-0.05, 0) is 37.8 Å². The lowest BCUT2D eigenvalue weighted by Crippen LogP contribution is -2.45. The first kappa shape index (κ1) is 8.02. The van der Waals surface area contributed by atoms with E-state index < -0.39 is 0 Å². The lowest BCUT2D eigenvalue weighted by atomic mass is 9.86. The van der Waals surface area contributed by atoms with Gasteiger partial charge >= 0.3 is 0 Å². The molecule has 0 amide bonds. The van der Waals surface area contributed by atoms with Gasteiger partial charge in [0.2, 0.25) is 0 Å². The third-order valence-corrected chi connectivity index (χ3v) is 2.44. The summed E-state index contributed by atoms with van der Waals surface area (Å²) in [7, 11) is 0. The maximum absolute atomic E-state index is 8.57. The van der Waals surface area contributed by atoms with E-state index in [0.717, 1.165) is 18.3 Å². The summed E-state index contributed by atoms with van der Waals surface area (Å²) in [6.45, 7) is 5.00. The minimum Gasteiger partial charge on any atom is -0.396 e. The summed E-state index contributed by atoms with van der Waals surface area (Å²) in [6, 6.07) is 0. The molecule has 0 aromatic rings. The molecule has 10 heavy (non-hydrogen) atoms. The molecule has 2 heteroatoms. The zero-order chi connectivity index (χ0) is 7.40. The average Bonchev–Trinajstić information content (AvgIpc) is 1.79. The Morgan fingerprint density at radius 3 is 2.70 bits per heavy atom. The Balaban J connectivity index is 2.02. The summed E-state index contributed by atoms with van der Waals surface area (Å²) in [5, 5.41) is 11.8. The summed E-state index contributed by atoms with van der Waals surface area (Å²) >= 11 is 0. The van der Waals surface area contributed by atoms with Crippen molar-refractivity contribution < 1.29 is 5.11 Å². The molecule has 60 valence electrons. The van der Waals surface area contributed by atoms with Crippen LogP contribution in [0, 0.1) is 11.8 Å². The second kappa shape index (κ2) is 3.94. The fourth-order valence-corrected chi connectivity index (χ4v) is 1.36. The molecule has 1 atom stereocenters. The van der Waals surface area contributed by atoms with Gasteiger partial charge in [-0.1, -0.05) is 6.92 Å². The van der Waals surface area contributed by atoms with E-state index in [1.165, 1.54) is 19.5 Å². The molecule has 1 unspecified atom stereocenters. The van der Waals surface area contributed by atoms with Crippen molar-refractivity contribution in [2.75, 3.05) is 19.7 Å². The van der Waals surface area contributed by atoms with E-state index in [2.05, 4.69) is 12.2 Å². The first-order chi connectivity index (χ1) is 4.84. The Labute approximate surface area is 62.6 Å². The van der Waals surface area contributed by atoms with Crippen LogP contribution in [-0.2, 0) is 0 Å². The fourth-order valence-electron chi connectivity index (χ4n) is 1.36. The van der Waals surface area contributed by atoms with Crippen LogP contribution in [0.2, 0.25) is 0 Å². The molecule has 0 bridgehead atoms. The quantitative estimate of drug-likeness (QED) is 0.604. The average molecular weight is 143 g/mol. The standard InChI is InChI=1S/C8H17NO/c1-7(3-2-4-10)8-5-9-6-8/h7-10H,2-6H2,1H3. The first-order valence-electron chi connectivity index (χ1n) is 4.16. The van der Waals surface area contributed by atoms with E-state index in [9.17, 15) is 0 Å². The second-order valence-electron chi connectivity index (χ2n) is 3.26. The predicted molar refractivity (Wildman–Crippen MR) is 41.8 cm³/mol. The third kappa shape index (κ3) is 1.96. The van der Waals surface area contributed by atoms with E-state index in [4.69, 9.17) is 5.11 Å². The molecular weight excluding hydrogens is 126 g/mol. The number of nitrogens with one attached hydrogen (secondary N) is 1. The van der Waals surface area contributed by atoms with E-state index in [-0.39, 0.29) is 0 Å². The SMILES string of the molecule is CC(CCCO)C1CNC1. The largest absolute Gasteiger partial charge is 0.396 e. The Morgan fingerprint density at radius 1 is 1.60 bits per heavy atom. The summed E-state index contributed by atoms with van der Waals surface area (Å²) in [5.74, 6) is 1.68. The Kier molecular flexibility index (Phi) is 3.16. The van der Waals surface area contributed by atoms with Crippen molar-refractivity contribution in [3.63, 3.8) is 0 Å². The molecule has 0 aromatic carbocycles. The van der Waals surface area contributed by atoms with Gasteiger partial charge < -0.3 is 10.4 Å². The van der Waals surface area contributed by atoms with Gasteiger partial charge in [0.05, 0.1) is 0 Å². The van der Waals surface area contributed by atoms with Crippen LogP contribution in [-0.4, -0.2) is 24.8 Å². The summed E-state index contributed by atoms with van der Waals surface area (Å²) in [4.78, 5) is 0. The van der Waals surface area contributed by atoms with E-state index >= 15 is 0 Å². The Hall–Kier alpha value is -0.0800. The molecule has 2 N–H and O–H groups in total.